The fourth-order valence-corrected chi connectivity index (χ4v) is 3.06. The summed E-state index contributed by atoms with van der Waals surface area (Å²) in [5.74, 6) is 0.0857. The smallest absolute Gasteiger partial charge is 0.254 e. The molecular formula is C14H15BrN2O2. The summed E-state index contributed by atoms with van der Waals surface area (Å²) in [6.45, 7) is 2.61. The molecule has 1 fully saturated rings. The molecule has 5 heteroatoms. The zero-order valence-electron chi connectivity index (χ0n) is 10.7. The van der Waals surface area contributed by atoms with E-state index < -0.39 is 0 Å². The first-order chi connectivity index (χ1) is 9.16. The van der Waals surface area contributed by atoms with Crippen molar-refractivity contribution >= 4 is 32.7 Å². The van der Waals surface area contributed by atoms with E-state index in [1.54, 1.807) is 0 Å². The van der Waals surface area contributed by atoms with E-state index in [1.165, 1.54) is 0 Å². The molecule has 0 bridgehead atoms. The van der Waals surface area contributed by atoms with Crippen LogP contribution in [0.2, 0.25) is 0 Å². The van der Waals surface area contributed by atoms with Crippen molar-refractivity contribution in [2.45, 2.75) is 0 Å². The molecule has 2 aromatic rings. The quantitative estimate of drug-likeness (QED) is 0.808. The highest BCUT2D eigenvalue weighted by molar-refractivity contribution is 9.10. The highest BCUT2D eigenvalue weighted by Gasteiger charge is 2.19. The number of fused-ring (bicyclic) bond motifs is 1. The third kappa shape index (κ3) is 2.28. The molecule has 0 spiro atoms. The summed E-state index contributed by atoms with van der Waals surface area (Å²) < 4.78 is 8.35. The fraction of sp³-hybridized carbons (Fsp3) is 0.357. The second-order valence-electron chi connectivity index (χ2n) is 4.72. The summed E-state index contributed by atoms with van der Waals surface area (Å²) in [4.78, 5) is 14.3. The molecule has 1 aromatic carbocycles. The van der Waals surface area contributed by atoms with E-state index in [4.69, 9.17) is 4.74 Å². The molecule has 100 valence electrons. The Morgan fingerprint density at radius 3 is 2.79 bits per heavy atom. The normalized spacial score (nSPS) is 16.0. The number of nitrogens with zero attached hydrogens (tertiary/aromatic N) is 2. The Balaban J connectivity index is 1.96. The lowest BCUT2D eigenvalue weighted by molar-refractivity contribution is 0.0303. The number of carbonyl (C=O) groups excluding carboxylic acids is 1. The number of amides is 1. The Morgan fingerprint density at radius 1 is 1.32 bits per heavy atom. The Hall–Kier alpha value is -1.33. The number of aryl methyl sites for hydroxylation is 1. The van der Waals surface area contributed by atoms with Gasteiger partial charge in [0, 0.05) is 47.3 Å². The number of halogens is 1. The van der Waals surface area contributed by atoms with E-state index in [9.17, 15) is 4.79 Å². The summed E-state index contributed by atoms with van der Waals surface area (Å²) in [6, 6.07) is 5.84. The maximum atomic E-state index is 12.4. The van der Waals surface area contributed by atoms with Gasteiger partial charge in [-0.15, -0.1) is 0 Å². The molecular weight excluding hydrogens is 308 g/mol. The molecule has 0 atom stereocenters. The molecule has 1 amide bonds. The lowest BCUT2D eigenvalue weighted by Gasteiger charge is -2.26. The number of hydrogen-bond donors (Lipinski definition) is 0. The van der Waals surface area contributed by atoms with Crippen molar-refractivity contribution < 1.29 is 9.53 Å². The SMILES string of the molecule is Cn1cc(Br)c2ccc(C(=O)N3CCOCC3)cc21. The van der Waals surface area contributed by atoms with Gasteiger partial charge in [0.25, 0.3) is 5.91 Å². The van der Waals surface area contributed by atoms with Crippen LogP contribution in [0, 0.1) is 0 Å². The van der Waals surface area contributed by atoms with Crippen molar-refractivity contribution in [1.29, 1.82) is 0 Å². The van der Waals surface area contributed by atoms with Crippen molar-refractivity contribution in [2.75, 3.05) is 26.3 Å². The highest BCUT2D eigenvalue weighted by Crippen LogP contribution is 2.26. The van der Waals surface area contributed by atoms with Gasteiger partial charge < -0.3 is 14.2 Å². The minimum Gasteiger partial charge on any atom is -0.378 e. The minimum absolute atomic E-state index is 0.0857. The van der Waals surface area contributed by atoms with E-state index in [-0.39, 0.29) is 5.91 Å². The van der Waals surface area contributed by atoms with Crippen LogP contribution in [0.3, 0.4) is 0 Å². The van der Waals surface area contributed by atoms with Crippen LogP contribution < -0.4 is 0 Å². The van der Waals surface area contributed by atoms with Crippen molar-refractivity contribution in [3.05, 3.63) is 34.4 Å². The number of rotatable bonds is 1. The lowest BCUT2D eigenvalue weighted by Crippen LogP contribution is -2.40. The van der Waals surface area contributed by atoms with Gasteiger partial charge in [0.05, 0.1) is 13.2 Å². The first-order valence-electron chi connectivity index (χ1n) is 6.28. The van der Waals surface area contributed by atoms with Crippen molar-refractivity contribution in [3.8, 4) is 0 Å². The maximum absolute atomic E-state index is 12.4. The Bertz CT molecular complexity index is 630. The molecule has 1 aromatic heterocycles. The minimum atomic E-state index is 0.0857. The summed E-state index contributed by atoms with van der Waals surface area (Å²) in [5.41, 5.74) is 1.80. The Kier molecular flexibility index (Phi) is 3.33. The van der Waals surface area contributed by atoms with Gasteiger partial charge in [-0.3, -0.25) is 4.79 Å². The molecule has 1 aliphatic heterocycles. The third-order valence-corrected chi connectivity index (χ3v) is 4.12. The molecule has 3 rings (SSSR count). The van der Waals surface area contributed by atoms with Gasteiger partial charge >= 0.3 is 0 Å². The van der Waals surface area contributed by atoms with Gasteiger partial charge in [0.2, 0.25) is 0 Å². The second-order valence-corrected chi connectivity index (χ2v) is 5.58. The van der Waals surface area contributed by atoms with Crippen molar-refractivity contribution in [2.24, 2.45) is 7.05 Å². The van der Waals surface area contributed by atoms with Gasteiger partial charge in [-0.1, -0.05) is 6.07 Å². The zero-order valence-corrected chi connectivity index (χ0v) is 12.3. The first-order valence-corrected chi connectivity index (χ1v) is 7.08. The number of ether oxygens (including phenoxy) is 1. The Morgan fingerprint density at radius 2 is 2.05 bits per heavy atom. The summed E-state index contributed by atoms with van der Waals surface area (Å²) in [5, 5.41) is 1.13. The topological polar surface area (TPSA) is 34.5 Å². The average molecular weight is 323 g/mol. The predicted octanol–water partition coefficient (Wildman–Crippen LogP) is 2.41. The predicted molar refractivity (Wildman–Crippen MR) is 77.3 cm³/mol. The van der Waals surface area contributed by atoms with Crippen molar-refractivity contribution in [3.63, 3.8) is 0 Å². The van der Waals surface area contributed by atoms with Crippen molar-refractivity contribution in [1.82, 2.24) is 9.47 Å². The van der Waals surface area contributed by atoms with Gasteiger partial charge in [0.1, 0.15) is 0 Å². The summed E-state index contributed by atoms with van der Waals surface area (Å²) >= 11 is 3.52. The number of hydrogen-bond acceptors (Lipinski definition) is 2. The lowest BCUT2D eigenvalue weighted by atomic mass is 10.1. The molecule has 1 aliphatic rings. The van der Waals surface area contributed by atoms with Crippen LogP contribution >= 0.6 is 15.9 Å². The largest absolute Gasteiger partial charge is 0.378 e. The summed E-state index contributed by atoms with van der Waals surface area (Å²) in [6.07, 6.45) is 2.01. The van der Waals surface area contributed by atoms with Crippen LogP contribution in [0.15, 0.2) is 28.9 Å². The maximum Gasteiger partial charge on any atom is 0.254 e. The monoisotopic (exact) mass is 322 g/mol. The Labute approximate surface area is 120 Å². The summed E-state index contributed by atoms with van der Waals surface area (Å²) in [7, 11) is 1.98. The van der Waals surface area contributed by atoms with Crippen LogP contribution in [0.4, 0.5) is 0 Å². The molecule has 0 saturated carbocycles. The number of carbonyl (C=O) groups is 1. The molecule has 1 saturated heterocycles. The van der Waals surface area contributed by atoms with E-state index in [0.29, 0.717) is 26.3 Å². The van der Waals surface area contributed by atoms with E-state index in [0.717, 1.165) is 20.9 Å². The number of aromatic nitrogens is 1. The molecule has 2 heterocycles. The van der Waals surface area contributed by atoms with Gasteiger partial charge in [-0.25, -0.2) is 0 Å². The second kappa shape index (κ2) is 4.98. The van der Waals surface area contributed by atoms with E-state index >= 15 is 0 Å². The van der Waals surface area contributed by atoms with Gasteiger partial charge in [-0.05, 0) is 28.1 Å². The number of morpholine rings is 1. The standard InChI is InChI=1S/C14H15BrN2O2/c1-16-9-12(15)11-3-2-10(8-13(11)16)14(18)17-4-6-19-7-5-17/h2-3,8-9H,4-7H2,1H3. The molecule has 19 heavy (non-hydrogen) atoms. The average Bonchev–Trinajstić information content (AvgIpc) is 2.74. The zero-order chi connectivity index (χ0) is 13.4. The van der Waals surface area contributed by atoms with Crippen LogP contribution in [0.1, 0.15) is 10.4 Å². The van der Waals surface area contributed by atoms with Gasteiger partial charge in [0.15, 0.2) is 0 Å². The molecule has 0 radical (unpaired) electrons. The van der Waals surface area contributed by atoms with E-state index in [2.05, 4.69) is 15.9 Å². The van der Waals surface area contributed by atoms with Crippen LogP contribution in [0.25, 0.3) is 10.9 Å². The van der Waals surface area contributed by atoms with Crippen LogP contribution in [0.5, 0.6) is 0 Å². The molecule has 0 N–H and O–H groups in total. The molecule has 4 nitrogen and oxygen atoms in total. The third-order valence-electron chi connectivity index (χ3n) is 3.49. The highest BCUT2D eigenvalue weighted by atomic mass is 79.9. The fourth-order valence-electron chi connectivity index (χ4n) is 2.42. The molecule has 0 unspecified atom stereocenters. The van der Waals surface area contributed by atoms with Crippen LogP contribution in [-0.4, -0.2) is 41.7 Å². The first kappa shape index (κ1) is 12.7. The van der Waals surface area contributed by atoms with Gasteiger partial charge in [-0.2, -0.15) is 0 Å². The molecule has 0 aliphatic carbocycles. The van der Waals surface area contributed by atoms with E-state index in [1.807, 2.05) is 40.9 Å². The number of benzene rings is 1. The van der Waals surface area contributed by atoms with Crippen LogP contribution in [-0.2, 0) is 11.8 Å².